The molecule has 4 aromatic rings. The van der Waals surface area contributed by atoms with Crippen molar-refractivity contribution in [1.82, 2.24) is 0 Å². The van der Waals surface area contributed by atoms with Crippen molar-refractivity contribution in [2.45, 2.75) is 66.2 Å². The van der Waals surface area contributed by atoms with Crippen LogP contribution in [-0.2, 0) is 4.74 Å². The van der Waals surface area contributed by atoms with Gasteiger partial charge in [0.15, 0.2) is 0 Å². The average Bonchev–Trinajstić information content (AvgIpc) is 3.01. The zero-order valence-electron chi connectivity index (χ0n) is 26.4. The summed E-state index contributed by atoms with van der Waals surface area (Å²) in [4.78, 5) is 15.5. The third-order valence-electron chi connectivity index (χ3n) is 8.45. The highest BCUT2D eigenvalue weighted by atomic mass is 16.5. The molecule has 0 radical (unpaired) electrons. The van der Waals surface area contributed by atoms with E-state index in [0.717, 1.165) is 83.9 Å². The molecule has 1 aliphatic rings. The highest BCUT2D eigenvalue weighted by Crippen LogP contribution is 2.50. The van der Waals surface area contributed by atoms with Gasteiger partial charge in [0, 0.05) is 53.3 Å². The lowest BCUT2D eigenvalue weighted by molar-refractivity contribution is 0.0599. The molecule has 224 valence electrons. The van der Waals surface area contributed by atoms with Crippen molar-refractivity contribution in [2.24, 2.45) is 0 Å². The fourth-order valence-corrected chi connectivity index (χ4v) is 6.03. The van der Waals surface area contributed by atoms with E-state index in [2.05, 4.69) is 93.4 Å². The number of ether oxygens (including phenoxy) is 2. The van der Waals surface area contributed by atoms with E-state index in [1.165, 1.54) is 23.9 Å². The van der Waals surface area contributed by atoms with E-state index < -0.39 is 0 Å². The maximum atomic E-state index is 13.0. The Labute approximate surface area is 256 Å². The second-order valence-electron chi connectivity index (χ2n) is 11.7. The molecule has 0 spiro atoms. The molecule has 0 saturated heterocycles. The van der Waals surface area contributed by atoms with Gasteiger partial charge in [0.25, 0.3) is 0 Å². The Hall–Kier alpha value is -4.25. The summed E-state index contributed by atoms with van der Waals surface area (Å²) >= 11 is 0. The number of hydrogen-bond acceptors (Lipinski definition) is 5. The Morgan fingerprint density at radius 1 is 0.791 bits per heavy atom. The number of benzene rings is 4. The van der Waals surface area contributed by atoms with Crippen LogP contribution in [0, 0.1) is 20.8 Å². The molecule has 1 aliphatic heterocycles. The minimum Gasteiger partial charge on any atom is -0.465 e. The molecule has 0 bridgehead atoms. The molecule has 5 heteroatoms. The van der Waals surface area contributed by atoms with E-state index in [1.807, 2.05) is 24.3 Å². The number of unbranched alkanes of at least 4 members (excludes halogenated alkanes) is 2. The first kappa shape index (κ1) is 30.2. The summed E-state index contributed by atoms with van der Waals surface area (Å²) in [5.41, 5.74) is 10.3. The molecule has 0 saturated carbocycles. The lowest BCUT2D eigenvalue weighted by atomic mass is 9.80. The van der Waals surface area contributed by atoms with Gasteiger partial charge in [-0.1, -0.05) is 68.7 Å². The Bertz CT molecular complexity index is 1600. The maximum absolute atomic E-state index is 13.0. The monoisotopic (exact) mass is 576 g/mol. The molecular weight excluding hydrogens is 532 g/mol. The molecule has 0 aromatic heterocycles. The number of nitrogens with zero attached hydrogens (tertiary/aromatic N) is 1. The van der Waals surface area contributed by atoms with Crippen molar-refractivity contribution in [3.8, 4) is 11.5 Å². The van der Waals surface area contributed by atoms with Crippen LogP contribution in [0.4, 0.5) is 17.1 Å². The molecule has 0 fully saturated rings. The first-order chi connectivity index (χ1) is 20.8. The SMILES string of the molecule is CCCCN(CCCC)c1ccc2c(c1)Oc1cc(C)c(Nc3ccc(C)cc3C)cc1C2c1ccccc1C(=O)OC. The number of carbonyl (C=O) groups is 1. The van der Waals surface area contributed by atoms with E-state index in [-0.39, 0.29) is 11.9 Å². The molecule has 5 rings (SSSR count). The van der Waals surface area contributed by atoms with Gasteiger partial charge in [-0.25, -0.2) is 4.79 Å². The molecule has 0 amide bonds. The van der Waals surface area contributed by atoms with Gasteiger partial charge < -0.3 is 19.7 Å². The van der Waals surface area contributed by atoms with Gasteiger partial charge in [0.05, 0.1) is 12.7 Å². The number of methoxy groups -OCH3 is 1. The van der Waals surface area contributed by atoms with Crippen LogP contribution >= 0.6 is 0 Å². The van der Waals surface area contributed by atoms with Crippen LogP contribution in [0.1, 0.15) is 89.2 Å². The number of fused-ring (bicyclic) bond motifs is 2. The molecule has 4 aromatic carbocycles. The second-order valence-corrected chi connectivity index (χ2v) is 11.7. The van der Waals surface area contributed by atoms with Gasteiger partial charge >= 0.3 is 5.97 Å². The number of carbonyl (C=O) groups excluding carboxylic acids is 1. The van der Waals surface area contributed by atoms with Crippen LogP contribution in [0.2, 0.25) is 0 Å². The van der Waals surface area contributed by atoms with E-state index in [1.54, 1.807) is 0 Å². The lowest BCUT2D eigenvalue weighted by Gasteiger charge is -2.32. The maximum Gasteiger partial charge on any atom is 0.338 e. The van der Waals surface area contributed by atoms with Gasteiger partial charge in [0.1, 0.15) is 11.5 Å². The predicted octanol–water partition coefficient (Wildman–Crippen LogP) is 9.83. The number of anilines is 3. The Balaban J connectivity index is 1.65. The third-order valence-corrected chi connectivity index (χ3v) is 8.45. The molecule has 1 atom stereocenters. The summed E-state index contributed by atoms with van der Waals surface area (Å²) in [6.45, 7) is 12.9. The van der Waals surface area contributed by atoms with E-state index in [9.17, 15) is 4.79 Å². The third kappa shape index (κ3) is 6.41. The zero-order valence-corrected chi connectivity index (χ0v) is 26.4. The fraction of sp³-hybridized carbons (Fsp3) is 0.342. The molecule has 43 heavy (non-hydrogen) atoms. The van der Waals surface area contributed by atoms with Crippen LogP contribution in [0.5, 0.6) is 11.5 Å². The van der Waals surface area contributed by atoms with Crippen molar-refractivity contribution >= 4 is 23.0 Å². The Kier molecular flexibility index (Phi) is 9.40. The molecule has 1 unspecified atom stereocenters. The van der Waals surface area contributed by atoms with Crippen molar-refractivity contribution < 1.29 is 14.3 Å². The van der Waals surface area contributed by atoms with E-state index in [0.29, 0.717) is 5.56 Å². The summed E-state index contributed by atoms with van der Waals surface area (Å²) in [5.74, 6) is 1.10. The largest absolute Gasteiger partial charge is 0.465 e. The Morgan fingerprint density at radius 2 is 1.49 bits per heavy atom. The number of nitrogens with one attached hydrogen (secondary N) is 1. The Morgan fingerprint density at radius 3 is 2.19 bits per heavy atom. The average molecular weight is 577 g/mol. The zero-order chi connectivity index (χ0) is 30.5. The van der Waals surface area contributed by atoms with Crippen molar-refractivity contribution in [3.63, 3.8) is 0 Å². The quantitative estimate of drug-likeness (QED) is 0.159. The first-order valence-electron chi connectivity index (χ1n) is 15.6. The summed E-state index contributed by atoms with van der Waals surface area (Å²) in [5, 5.41) is 3.67. The number of rotatable bonds is 11. The van der Waals surface area contributed by atoms with Crippen LogP contribution in [0.15, 0.2) is 72.8 Å². The van der Waals surface area contributed by atoms with Gasteiger partial charge in [0.2, 0.25) is 0 Å². The molecule has 1 N–H and O–H groups in total. The summed E-state index contributed by atoms with van der Waals surface area (Å²) < 4.78 is 11.9. The van der Waals surface area contributed by atoms with Crippen LogP contribution in [-0.4, -0.2) is 26.2 Å². The summed E-state index contributed by atoms with van der Waals surface area (Å²) in [7, 11) is 1.44. The standard InChI is InChI=1S/C38H44N2O3/c1-7-9-19-40(20-10-8-2)28-16-17-31-36(23-28)43-35-22-27(5)34(39-33-18-15-25(3)21-26(33)4)24-32(35)37(31)29-13-11-12-14-30(29)38(41)42-6/h11-18,21-24,37,39H,7-10,19-20H2,1-6H3. The van der Waals surface area contributed by atoms with E-state index in [4.69, 9.17) is 9.47 Å². The van der Waals surface area contributed by atoms with Gasteiger partial charge in [-0.2, -0.15) is 0 Å². The molecule has 5 nitrogen and oxygen atoms in total. The van der Waals surface area contributed by atoms with Crippen LogP contribution in [0.3, 0.4) is 0 Å². The minimum atomic E-state index is -0.340. The topological polar surface area (TPSA) is 50.8 Å². The summed E-state index contributed by atoms with van der Waals surface area (Å²) in [6, 6.07) is 25.1. The molecule has 1 heterocycles. The fourth-order valence-electron chi connectivity index (χ4n) is 6.03. The highest BCUT2D eigenvalue weighted by Gasteiger charge is 2.33. The van der Waals surface area contributed by atoms with E-state index >= 15 is 0 Å². The van der Waals surface area contributed by atoms with Crippen molar-refractivity contribution in [1.29, 1.82) is 0 Å². The van der Waals surface area contributed by atoms with Gasteiger partial charge in [-0.3, -0.25) is 0 Å². The predicted molar refractivity (Wildman–Crippen MR) is 178 cm³/mol. The lowest BCUT2D eigenvalue weighted by Crippen LogP contribution is -2.26. The number of esters is 1. The minimum absolute atomic E-state index is 0.205. The normalized spacial score (nSPS) is 13.5. The highest BCUT2D eigenvalue weighted by molar-refractivity contribution is 5.92. The smallest absolute Gasteiger partial charge is 0.338 e. The second kappa shape index (κ2) is 13.4. The van der Waals surface area contributed by atoms with Crippen molar-refractivity contribution in [3.05, 3.63) is 112 Å². The van der Waals surface area contributed by atoms with Crippen LogP contribution < -0.4 is 15.0 Å². The molecule has 0 aliphatic carbocycles. The number of aryl methyl sites for hydroxylation is 3. The van der Waals surface area contributed by atoms with Crippen LogP contribution in [0.25, 0.3) is 0 Å². The van der Waals surface area contributed by atoms with Gasteiger partial charge in [-0.15, -0.1) is 0 Å². The van der Waals surface area contributed by atoms with Gasteiger partial charge in [-0.05, 0) is 80.6 Å². The van der Waals surface area contributed by atoms with Crippen molar-refractivity contribution in [2.75, 3.05) is 30.4 Å². The summed E-state index contributed by atoms with van der Waals surface area (Å²) in [6.07, 6.45) is 4.60. The molecular formula is C38H44N2O3. The first-order valence-corrected chi connectivity index (χ1v) is 15.6. The number of hydrogen-bond donors (Lipinski definition) is 1.